The van der Waals surface area contributed by atoms with Crippen LogP contribution < -0.4 is 0 Å². The van der Waals surface area contributed by atoms with E-state index in [9.17, 15) is 4.79 Å². The van der Waals surface area contributed by atoms with Crippen LogP contribution in [0.1, 0.15) is 5.56 Å². The van der Waals surface area contributed by atoms with Crippen molar-refractivity contribution in [1.29, 1.82) is 0 Å². The second-order valence-corrected chi connectivity index (χ2v) is 4.19. The lowest BCUT2D eigenvalue weighted by Gasteiger charge is -2.07. The van der Waals surface area contributed by atoms with Gasteiger partial charge < -0.3 is 9.30 Å². The first kappa shape index (κ1) is 11.4. The molecule has 4 heteroatoms. The highest BCUT2D eigenvalue weighted by Gasteiger charge is 2.01. The molecule has 17 heavy (non-hydrogen) atoms. The minimum absolute atomic E-state index is 0.635. The smallest absolute Gasteiger partial charge is 0.147 e. The van der Waals surface area contributed by atoms with Crippen molar-refractivity contribution in [3.8, 4) is 0 Å². The molecule has 0 radical (unpaired) electrons. The van der Waals surface area contributed by atoms with Crippen LogP contribution in [0.15, 0.2) is 42.5 Å². The average Bonchev–Trinajstić information content (AvgIpc) is 2.74. The van der Waals surface area contributed by atoms with Crippen molar-refractivity contribution < 1.29 is 4.79 Å². The SMILES string of the molecule is CN(C)/C=C(\C=O)Cc1ccc2nccn2c1. The molecule has 0 aliphatic rings. The molecule has 0 atom stereocenters. The second-order valence-electron chi connectivity index (χ2n) is 4.19. The van der Waals surface area contributed by atoms with Gasteiger partial charge in [0.25, 0.3) is 0 Å². The van der Waals surface area contributed by atoms with E-state index < -0.39 is 0 Å². The van der Waals surface area contributed by atoms with Gasteiger partial charge in [-0.1, -0.05) is 6.07 Å². The van der Waals surface area contributed by atoms with Gasteiger partial charge in [0.2, 0.25) is 0 Å². The number of allylic oxidation sites excluding steroid dienone is 1. The van der Waals surface area contributed by atoms with Gasteiger partial charge in [-0.25, -0.2) is 4.98 Å². The van der Waals surface area contributed by atoms with Crippen LogP contribution in [-0.2, 0) is 11.2 Å². The van der Waals surface area contributed by atoms with Gasteiger partial charge in [-0.3, -0.25) is 4.79 Å². The minimum atomic E-state index is 0.635. The molecule has 0 fully saturated rings. The molecule has 2 rings (SSSR count). The molecule has 0 amide bonds. The van der Waals surface area contributed by atoms with E-state index in [2.05, 4.69) is 4.98 Å². The number of aldehydes is 1. The van der Waals surface area contributed by atoms with E-state index in [1.165, 1.54) is 0 Å². The zero-order valence-electron chi connectivity index (χ0n) is 10.00. The van der Waals surface area contributed by atoms with Crippen molar-refractivity contribution in [1.82, 2.24) is 14.3 Å². The van der Waals surface area contributed by atoms with Crippen molar-refractivity contribution in [2.45, 2.75) is 6.42 Å². The number of hydrogen-bond donors (Lipinski definition) is 0. The summed E-state index contributed by atoms with van der Waals surface area (Å²) in [5.41, 5.74) is 2.77. The maximum atomic E-state index is 10.9. The summed E-state index contributed by atoms with van der Waals surface area (Å²) < 4.78 is 1.95. The third-order valence-corrected chi connectivity index (χ3v) is 2.43. The molecular weight excluding hydrogens is 214 g/mol. The first-order chi connectivity index (χ1) is 8.19. The molecule has 0 spiro atoms. The zero-order valence-corrected chi connectivity index (χ0v) is 10.00. The van der Waals surface area contributed by atoms with Crippen molar-refractivity contribution in [3.05, 3.63) is 48.1 Å². The molecule has 0 aliphatic heterocycles. The molecule has 2 aromatic rings. The lowest BCUT2D eigenvalue weighted by molar-refractivity contribution is -0.105. The van der Waals surface area contributed by atoms with Gasteiger partial charge in [-0.05, 0) is 11.6 Å². The molecule has 0 saturated heterocycles. The summed E-state index contributed by atoms with van der Waals surface area (Å²) in [6.07, 6.45) is 9.03. The van der Waals surface area contributed by atoms with Crippen molar-refractivity contribution in [3.63, 3.8) is 0 Å². The van der Waals surface area contributed by atoms with Gasteiger partial charge in [0.15, 0.2) is 0 Å². The topological polar surface area (TPSA) is 37.6 Å². The number of fused-ring (bicyclic) bond motifs is 1. The van der Waals surface area contributed by atoms with Crippen LogP contribution in [0.3, 0.4) is 0 Å². The third-order valence-electron chi connectivity index (χ3n) is 2.43. The van der Waals surface area contributed by atoms with E-state index in [0.29, 0.717) is 6.42 Å². The summed E-state index contributed by atoms with van der Waals surface area (Å²) >= 11 is 0. The van der Waals surface area contributed by atoms with E-state index in [0.717, 1.165) is 23.1 Å². The number of rotatable bonds is 4. The summed E-state index contributed by atoms with van der Waals surface area (Å²) in [4.78, 5) is 17.0. The fourth-order valence-electron chi connectivity index (χ4n) is 1.76. The molecule has 4 nitrogen and oxygen atoms in total. The first-order valence-corrected chi connectivity index (χ1v) is 5.43. The highest BCUT2D eigenvalue weighted by molar-refractivity contribution is 5.73. The lowest BCUT2D eigenvalue weighted by atomic mass is 10.1. The summed E-state index contributed by atoms with van der Waals surface area (Å²) in [6, 6.07) is 3.95. The molecular formula is C13H15N3O. The normalized spacial score (nSPS) is 11.8. The molecule has 0 aliphatic carbocycles. The Morgan fingerprint density at radius 2 is 2.29 bits per heavy atom. The van der Waals surface area contributed by atoms with Crippen LogP contribution in [0.25, 0.3) is 5.65 Å². The van der Waals surface area contributed by atoms with Crippen LogP contribution in [-0.4, -0.2) is 34.7 Å². The quantitative estimate of drug-likeness (QED) is 0.589. The maximum absolute atomic E-state index is 10.9. The van der Waals surface area contributed by atoms with Gasteiger partial charge in [0.05, 0.1) is 0 Å². The molecule has 0 N–H and O–H groups in total. The second kappa shape index (κ2) is 4.82. The van der Waals surface area contributed by atoms with Gasteiger partial charge in [-0.15, -0.1) is 0 Å². The summed E-state index contributed by atoms with van der Waals surface area (Å²) in [7, 11) is 3.81. The lowest BCUT2D eigenvalue weighted by Crippen LogP contribution is -2.05. The fourth-order valence-corrected chi connectivity index (χ4v) is 1.76. The first-order valence-electron chi connectivity index (χ1n) is 5.43. The number of aromatic nitrogens is 2. The Morgan fingerprint density at radius 3 is 3.00 bits per heavy atom. The number of hydrogen-bond acceptors (Lipinski definition) is 3. The van der Waals surface area contributed by atoms with E-state index in [1.807, 2.05) is 54.1 Å². The Kier molecular flexibility index (Phi) is 3.23. The van der Waals surface area contributed by atoms with Crippen molar-refractivity contribution in [2.24, 2.45) is 0 Å². The Balaban J connectivity index is 2.25. The molecule has 2 aromatic heterocycles. The number of pyridine rings is 1. The number of carbonyl (C=O) groups is 1. The summed E-state index contributed by atoms with van der Waals surface area (Å²) in [5.74, 6) is 0. The van der Waals surface area contributed by atoms with Crippen molar-refractivity contribution in [2.75, 3.05) is 14.1 Å². The highest BCUT2D eigenvalue weighted by Crippen LogP contribution is 2.09. The Bertz CT molecular complexity index is 555. The third kappa shape index (κ3) is 2.72. The highest BCUT2D eigenvalue weighted by atomic mass is 16.1. The Hall–Kier alpha value is -2.10. The molecule has 88 valence electrons. The van der Waals surface area contributed by atoms with Gasteiger partial charge >= 0.3 is 0 Å². The van der Waals surface area contributed by atoms with Crippen LogP contribution in [0, 0.1) is 0 Å². The predicted molar refractivity (Wildman–Crippen MR) is 66.7 cm³/mol. The zero-order chi connectivity index (χ0) is 12.3. The number of carbonyl (C=O) groups excluding carboxylic acids is 1. The van der Waals surface area contributed by atoms with E-state index in [1.54, 1.807) is 6.20 Å². The fraction of sp³-hybridized carbons (Fsp3) is 0.231. The van der Waals surface area contributed by atoms with Gasteiger partial charge in [0, 0.05) is 50.9 Å². The van der Waals surface area contributed by atoms with E-state index in [4.69, 9.17) is 0 Å². The monoisotopic (exact) mass is 229 g/mol. The molecule has 0 unspecified atom stereocenters. The summed E-state index contributed by atoms with van der Waals surface area (Å²) in [6.45, 7) is 0. The Morgan fingerprint density at radius 1 is 1.47 bits per heavy atom. The molecule has 0 saturated carbocycles. The number of imidazole rings is 1. The van der Waals surface area contributed by atoms with Gasteiger partial charge in [0.1, 0.15) is 11.9 Å². The average molecular weight is 229 g/mol. The predicted octanol–water partition coefficient (Wildman–Crippen LogP) is 1.52. The summed E-state index contributed by atoms with van der Waals surface area (Å²) in [5, 5.41) is 0. The maximum Gasteiger partial charge on any atom is 0.147 e. The van der Waals surface area contributed by atoms with Crippen LogP contribution in [0.2, 0.25) is 0 Å². The van der Waals surface area contributed by atoms with Crippen LogP contribution in [0.4, 0.5) is 0 Å². The molecule has 0 bridgehead atoms. The van der Waals surface area contributed by atoms with E-state index >= 15 is 0 Å². The Labute approximate surface area is 100 Å². The standard InChI is InChI=1S/C13H15N3O/c1-15(2)8-12(10-17)7-11-3-4-13-14-5-6-16(13)9-11/h3-6,8-10H,7H2,1-2H3/b12-8-. The molecule has 2 heterocycles. The van der Waals surface area contributed by atoms with Crippen molar-refractivity contribution >= 4 is 11.9 Å². The molecule has 0 aromatic carbocycles. The van der Waals surface area contributed by atoms with Gasteiger partial charge in [-0.2, -0.15) is 0 Å². The van der Waals surface area contributed by atoms with Crippen LogP contribution in [0.5, 0.6) is 0 Å². The van der Waals surface area contributed by atoms with Crippen LogP contribution >= 0.6 is 0 Å². The largest absolute Gasteiger partial charge is 0.383 e. The number of nitrogens with zero attached hydrogens (tertiary/aromatic N) is 3. The van der Waals surface area contributed by atoms with E-state index in [-0.39, 0.29) is 0 Å². The minimum Gasteiger partial charge on any atom is -0.383 e.